The SMILES string of the molecule is N=NC1(c2ccc(C=Cc3ccc([N+](=O)[O-])cc3[N+](=O)[O-])cc2)CCOCCOCCOCCOCC1. The topological polar surface area (TPSA) is 159 Å². The summed E-state index contributed by atoms with van der Waals surface area (Å²) in [5, 5.41) is 26.3. The van der Waals surface area contributed by atoms with Crippen LogP contribution in [0.3, 0.4) is 0 Å². The number of ether oxygens (including phenoxy) is 4. The van der Waals surface area contributed by atoms with Gasteiger partial charge >= 0.3 is 0 Å². The van der Waals surface area contributed by atoms with Crippen LogP contribution < -0.4 is 0 Å². The largest absolute Gasteiger partial charge is 0.379 e. The third kappa shape index (κ3) is 8.22. The molecule has 0 unspecified atom stereocenters. The molecule has 1 heterocycles. The first-order valence-electron chi connectivity index (χ1n) is 11.9. The molecule has 0 aliphatic carbocycles. The van der Waals surface area contributed by atoms with Crippen molar-refractivity contribution in [3.05, 3.63) is 79.4 Å². The van der Waals surface area contributed by atoms with E-state index in [9.17, 15) is 20.2 Å². The molecule has 198 valence electrons. The monoisotopic (exact) mass is 514 g/mol. The van der Waals surface area contributed by atoms with E-state index in [-0.39, 0.29) is 16.9 Å². The molecule has 0 aromatic heterocycles. The summed E-state index contributed by atoms with van der Waals surface area (Å²) in [6, 6.07) is 10.9. The molecular weight excluding hydrogens is 484 g/mol. The highest BCUT2D eigenvalue weighted by Crippen LogP contribution is 2.34. The molecule has 2 aromatic carbocycles. The number of non-ortho nitro benzene ring substituents is 1. The molecule has 1 N–H and O–H groups in total. The predicted molar refractivity (Wildman–Crippen MR) is 134 cm³/mol. The minimum absolute atomic E-state index is 0.251. The van der Waals surface area contributed by atoms with Crippen LogP contribution in [-0.2, 0) is 24.5 Å². The number of hydrogen-bond acceptors (Lipinski definition) is 10. The fraction of sp³-hybridized carbons (Fsp3) is 0.440. The first-order valence-corrected chi connectivity index (χ1v) is 11.9. The van der Waals surface area contributed by atoms with Gasteiger partial charge in [0.2, 0.25) is 0 Å². The van der Waals surface area contributed by atoms with Crippen LogP contribution in [0.15, 0.2) is 47.6 Å². The zero-order valence-electron chi connectivity index (χ0n) is 20.4. The highest BCUT2D eigenvalue weighted by molar-refractivity contribution is 5.75. The fourth-order valence-corrected chi connectivity index (χ4v) is 3.87. The molecular formula is C25H30N4O8. The molecule has 2 aromatic rings. The van der Waals surface area contributed by atoms with Crippen LogP contribution in [0.1, 0.15) is 29.5 Å². The van der Waals surface area contributed by atoms with Crippen LogP contribution in [0.5, 0.6) is 0 Å². The zero-order chi connectivity index (χ0) is 26.5. The summed E-state index contributed by atoms with van der Waals surface area (Å²) in [6.07, 6.45) is 4.20. The second-order valence-electron chi connectivity index (χ2n) is 8.31. The Bertz CT molecular complexity index is 1070. The van der Waals surface area contributed by atoms with Gasteiger partial charge in [0.15, 0.2) is 0 Å². The van der Waals surface area contributed by atoms with Crippen molar-refractivity contribution in [2.24, 2.45) is 5.11 Å². The average Bonchev–Trinajstić information content (AvgIpc) is 2.91. The van der Waals surface area contributed by atoms with Crippen molar-refractivity contribution in [3.63, 3.8) is 0 Å². The van der Waals surface area contributed by atoms with Crippen molar-refractivity contribution in [1.82, 2.24) is 0 Å². The van der Waals surface area contributed by atoms with Crippen LogP contribution in [0, 0.1) is 25.8 Å². The van der Waals surface area contributed by atoms with Gasteiger partial charge in [-0.1, -0.05) is 30.3 Å². The summed E-state index contributed by atoms with van der Waals surface area (Å²) in [5.41, 5.74) is 8.30. The smallest absolute Gasteiger partial charge is 0.283 e. The summed E-state index contributed by atoms with van der Waals surface area (Å²) in [6.45, 7) is 3.56. The lowest BCUT2D eigenvalue weighted by atomic mass is 9.84. The van der Waals surface area contributed by atoms with Crippen molar-refractivity contribution < 1.29 is 28.8 Å². The minimum Gasteiger partial charge on any atom is -0.379 e. The first-order chi connectivity index (χ1) is 17.9. The summed E-state index contributed by atoms with van der Waals surface area (Å²) >= 11 is 0. The molecule has 0 radical (unpaired) electrons. The van der Waals surface area contributed by atoms with E-state index in [1.165, 1.54) is 18.2 Å². The van der Waals surface area contributed by atoms with Crippen LogP contribution in [0.2, 0.25) is 0 Å². The quantitative estimate of drug-likeness (QED) is 0.250. The maximum absolute atomic E-state index is 11.4. The summed E-state index contributed by atoms with van der Waals surface area (Å²) < 4.78 is 22.3. The molecule has 37 heavy (non-hydrogen) atoms. The molecule has 0 spiro atoms. The van der Waals surface area contributed by atoms with E-state index in [1.807, 2.05) is 24.3 Å². The van der Waals surface area contributed by atoms with Gasteiger partial charge in [-0.2, -0.15) is 5.11 Å². The fourth-order valence-electron chi connectivity index (χ4n) is 3.87. The normalized spacial score (nSPS) is 17.9. The molecule has 0 saturated carbocycles. The maximum atomic E-state index is 11.4. The van der Waals surface area contributed by atoms with Crippen LogP contribution in [0.25, 0.3) is 12.2 Å². The lowest BCUT2D eigenvalue weighted by Crippen LogP contribution is -2.28. The van der Waals surface area contributed by atoms with Gasteiger partial charge in [-0.05, 0) is 23.3 Å². The van der Waals surface area contributed by atoms with E-state index in [0.717, 1.165) is 17.2 Å². The molecule has 3 rings (SSSR count). The Kier molecular flexibility index (Phi) is 10.8. The molecule has 0 bridgehead atoms. The Hall–Kier alpha value is -3.58. The second-order valence-corrected chi connectivity index (χ2v) is 8.31. The Morgan fingerprint density at radius 1 is 0.757 bits per heavy atom. The van der Waals surface area contributed by atoms with Gasteiger partial charge < -0.3 is 18.9 Å². The molecule has 1 fully saturated rings. The molecule has 1 aliphatic heterocycles. The van der Waals surface area contributed by atoms with Gasteiger partial charge in [0.1, 0.15) is 5.54 Å². The Balaban J connectivity index is 1.76. The van der Waals surface area contributed by atoms with Crippen molar-refractivity contribution in [1.29, 1.82) is 5.53 Å². The Morgan fingerprint density at radius 3 is 1.78 bits per heavy atom. The van der Waals surface area contributed by atoms with Crippen LogP contribution in [-0.4, -0.2) is 62.7 Å². The average molecular weight is 515 g/mol. The molecule has 0 amide bonds. The molecule has 1 aliphatic rings. The minimum atomic E-state index is -0.832. The van der Waals surface area contributed by atoms with Crippen LogP contribution in [0.4, 0.5) is 11.4 Å². The number of nitrogens with zero attached hydrogens (tertiary/aromatic N) is 3. The number of nitro benzene ring substituents is 2. The number of rotatable bonds is 6. The number of hydrogen-bond donors (Lipinski definition) is 1. The number of benzene rings is 2. The highest BCUT2D eigenvalue weighted by Gasteiger charge is 2.32. The van der Waals surface area contributed by atoms with Gasteiger partial charge in [-0.25, -0.2) is 5.53 Å². The van der Waals surface area contributed by atoms with Crippen molar-refractivity contribution >= 4 is 23.5 Å². The predicted octanol–water partition coefficient (Wildman–Crippen LogP) is 4.76. The highest BCUT2D eigenvalue weighted by atomic mass is 16.6. The van der Waals surface area contributed by atoms with E-state index < -0.39 is 15.4 Å². The standard InChI is InChI=1S/C25H30N4O8/c26-27-25(9-11-34-13-15-36-17-18-37-16-14-35-12-10-25)22-6-2-20(3-7-22)1-4-21-5-8-23(28(30)31)19-24(21)29(32)33/h1-8,19,26H,9-18H2. The van der Waals surface area contributed by atoms with Crippen LogP contribution >= 0.6 is 0 Å². The van der Waals surface area contributed by atoms with E-state index in [1.54, 1.807) is 6.08 Å². The third-order valence-corrected chi connectivity index (χ3v) is 5.97. The number of nitrogens with one attached hydrogen (secondary N) is 1. The molecule has 12 nitrogen and oxygen atoms in total. The zero-order valence-corrected chi connectivity index (χ0v) is 20.4. The maximum Gasteiger partial charge on any atom is 0.283 e. The summed E-state index contributed by atoms with van der Waals surface area (Å²) in [4.78, 5) is 21.0. The van der Waals surface area contributed by atoms with Crippen molar-refractivity contribution in [2.75, 3.05) is 52.9 Å². The molecule has 0 atom stereocenters. The van der Waals surface area contributed by atoms with E-state index in [2.05, 4.69) is 5.11 Å². The second kappa shape index (κ2) is 14.2. The Morgan fingerprint density at radius 2 is 1.30 bits per heavy atom. The van der Waals surface area contributed by atoms with Gasteiger partial charge in [0.05, 0.1) is 61.1 Å². The van der Waals surface area contributed by atoms with Gasteiger partial charge in [0.25, 0.3) is 11.4 Å². The van der Waals surface area contributed by atoms with Gasteiger partial charge in [0, 0.05) is 32.1 Å². The van der Waals surface area contributed by atoms with Gasteiger partial charge in [-0.15, -0.1) is 0 Å². The van der Waals surface area contributed by atoms with E-state index in [4.69, 9.17) is 24.5 Å². The van der Waals surface area contributed by atoms with Crippen molar-refractivity contribution in [2.45, 2.75) is 18.4 Å². The van der Waals surface area contributed by atoms with E-state index in [0.29, 0.717) is 65.7 Å². The molecule has 1 saturated heterocycles. The summed E-state index contributed by atoms with van der Waals surface area (Å²) in [5.74, 6) is 0. The third-order valence-electron chi connectivity index (χ3n) is 5.97. The summed E-state index contributed by atoms with van der Waals surface area (Å²) in [7, 11) is 0. The molecule has 12 heteroatoms. The lowest BCUT2D eigenvalue weighted by Gasteiger charge is -2.29. The van der Waals surface area contributed by atoms with Gasteiger partial charge in [-0.3, -0.25) is 20.2 Å². The Labute approximate surface area is 214 Å². The first kappa shape index (κ1) is 28.0. The lowest BCUT2D eigenvalue weighted by molar-refractivity contribution is -0.394. The number of nitro groups is 2. The van der Waals surface area contributed by atoms with E-state index >= 15 is 0 Å². The van der Waals surface area contributed by atoms with Crippen molar-refractivity contribution in [3.8, 4) is 0 Å².